The fourth-order valence-electron chi connectivity index (χ4n) is 4.34. The van der Waals surface area contributed by atoms with Gasteiger partial charge in [0.15, 0.2) is 5.78 Å². The van der Waals surface area contributed by atoms with E-state index in [2.05, 4.69) is 5.32 Å². The molecule has 2 aromatic rings. The van der Waals surface area contributed by atoms with E-state index >= 15 is 0 Å². The minimum absolute atomic E-state index is 0.230. The van der Waals surface area contributed by atoms with Crippen molar-refractivity contribution >= 4 is 34.9 Å². The summed E-state index contributed by atoms with van der Waals surface area (Å²) < 4.78 is 44.8. The molecule has 11 heteroatoms. The number of hydrogen-bond donors (Lipinski definition) is 2. The maximum atomic E-state index is 13.4. The second kappa shape index (κ2) is 14.1. The van der Waals surface area contributed by atoms with Gasteiger partial charge in [-0.15, -0.1) is 0 Å². The molecule has 7 nitrogen and oxygen atoms in total. The molecule has 0 aliphatic rings. The first kappa shape index (κ1) is 34.0. The lowest BCUT2D eigenvalue weighted by atomic mass is 9.77. The molecule has 0 aromatic heterocycles. The highest BCUT2D eigenvalue weighted by Crippen LogP contribution is 2.32. The lowest BCUT2D eigenvalue weighted by molar-refractivity contribution is -0.177. The summed E-state index contributed by atoms with van der Waals surface area (Å²) in [4.78, 5) is 52.0. The Balaban J connectivity index is 2.34. The highest BCUT2D eigenvalue weighted by molar-refractivity contribution is 6.30. The third kappa shape index (κ3) is 8.87. The van der Waals surface area contributed by atoms with Crippen molar-refractivity contribution in [1.82, 2.24) is 5.32 Å². The van der Waals surface area contributed by atoms with Crippen LogP contribution in [0.25, 0.3) is 0 Å². The van der Waals surface area contributed by atoms with Crippen LogP contribution < -0.4 is 10.1 Å². The average molecular weight is 598 g/mol. The Bertz CT molecular complexity index is 1240. The van der Waals surface area contributed by atoms with E-state index in [1.807, 2.05) is 0 Å². The van der Waals surface area contributed by atoms with Crippen LogP contribution in [0.3, 0.4) is 0 Å². The molecule has 3 atom stereocenters. The van der Waals surface area contributed by atoms with Gasteiger partial charge in [-0.05, 0) is 55.2 Å². The molecule has 0 aliphatic heterocycles. The Morgan fingerprint density at radius 1 is 1.00 bits per heavy atom. The number of halogens is 4. The van der Waals surface area contributed by atoms with Crippen molar-refractivity contribution in [3.05, 3.63) is 64.7 Å². The number of alkyl halides is 3. The molecule has 2 rings (SSSR count). The summed E-state index contributed by atoms with van der Waals surface area (Å²) in [6.07, 6.45) is -6.30. The number of methoxy groups -OCH3 is 1. The summed E-state index contributed by atoms with van der Waals surface area (Å²) >= 11 is 6.06. The Morgan fingerprint density at radius 3 is 2.10 bits per heavy atom. The zero-order valence-electron chi connectivity index (χ0n) is 23.5. The van der Waals surface area contributed by atoms with Crippen LogP contribution in [0.4, 0.5) is 13.2 Å². The normalized spacial score (nSPS) is 14.2. The van der Waals surface area contributed by atoms with Crippen LogP contribution in [0, 0.1) is 17.8 Å². The minimum Gasteiger partial charge on any atom is -0.497 e. The van der Waals surface area contributed by atoms with Crippen LogP contribution in [0.1, 0.15) is 57.7 Å². The van der Waals surface area contributed by atoms with Gasteiger partial charge in [-0.2, -0.15) is 13.2 Å². The molecule has 0 spiro atoms. The molecule has 0 aliphatic carbocycles. The van der Waals surface area contributed by atoms with Crippen molar-refractivity contribution in [2.24, 2.45) is 17.8 Å². The molecule has 41 heavy (non-hydrogen) atoms. The number of nitrogens with one attached hydrogen (secondary N) is 1. The van der Waals surface area contributed by atoms with Gasteiger partial charge >= 0.3 is 6.18 Å². The summed E-state index contributed by atoms with van der Waals surface area (Å²) in [7, 11) is 1.42. The van der Waals surface area contributed by atoms with Gasteiger partial charge in [0.05, 0.1) is 19.6 Å². The number of ether oxygens (including phenoxy) is 1. The van der Waals surface area contributed by atoms with Crippen LogP contribution in [-0.4, -0.2) is 48.3 Å². The molecule has 2 N–H and O–H groups in total. The highest BCUT2D eigenvalue weighted by atomic mass is 35.5. The molecule has 0 saturated carbocycles. The van der Waals surface area contributed by atoms with Crippen LogP contribution in [0.5, 0.6) is 5.75 Å². The third-order valence-electron chi connectivity index (χ3n) is 7.17. The fourth-order valence-corrected chi connectivity index (χ4v) is 4.53. The smallest absolute Gasteiger partial charge is 0.450 e. The molecule has 2 aromatic carbocycles. The van der Waals surface area contributed by atoms with E-state index in [0.29, 0.717) is 16.3 Å². The quantitative estimate of drug-likeness (QED) is 0.301. The SMILES string of the molecule is COc1ccc([C@H](NC(=O)[C@H](CO)CC(=O)C(C)(C)c2cccc(Cl)c2)C(=O)C[C@H](C(=O)C(F)(F)F)C(C)C)cc1. The van der Waals surface area contributed by atoms with Crippen molar-refractivity contribution in [1.29, 1.82) is 0 Å². The molecule has 0 heterocycles. The second-order valence-electron chi connectivity index (χ2n) is 10.7. The molecule has 224 valence electrons. The maximum absolute atomic E-state index is 13.4. The van der Waals surface area contributed by atoms with Gasteiger partial charge in [-0.25, -0.2) is 0 Å². The lowest BCUT2D eigenvalue weighted by Gasteiger charge is -2.27. The number of carbonyl (C=O) groups excluding carboxylic acids is 4. The molecule has 0 radical (unpaired) electrons. The number of rotatable bonds is 14. The zero-order valence-corrected chi connectivity index (χ0v) is 24.3. The van der Waals surface area contributed by atoms with Crippen LogP contribution in [0.15, 0.2) is 48.5 Å². The largest absolute Gasteiger partial charge is 0.497 e. The predicted molar refractivity (Wildman–Crippen MR) is 148 cm³/mol. The van der Waals surface area contributed by atoms with Crippen molar-refractivity contribution in [3.63, 3.8) is 0 Å². The van der Waals surface area contributed by atoms with Gasteiger partial charge in [0.1, 0.15) is 17.6 Å². The van der Waals surface area contributed by atoms with E-state index in [4.69, 9.17) is 16.3 Å². The fraction of sp³-hybridized carbons (Fsp3) is 0.467. The highest BCUT2D eigenvalue weighted by Gasteiger charge is 2.45. The molecule has 0 fully saturated rings. The summed E-state index contributed by atoms with van der Waals surface area (Å²) in [6.45, 7) is 5.38. The molecule has 0 bridgehead atoms. The summed E-state index contributed by atoms with van der Waals surface area (Å²) in [5, 5.41) is 12.9. The summed E-state index contributed by atoms with van der Waals surface area (Å²) in [6, 6.07) is 11.1. The third-order valence-corrected chi connectivity index (χ3v) is 7.40. The minimum atomic E-state index is -5.13. The van der Waals surface area contributed by atoms with Gasteiger partial charge in [0.25, 0.3) is 0 Å². The molecular formula is C30H35ClF3NO6. The molecule has 1 amide bonds. The van der Waals surface area contributed by atoms with Crippen LogP contribution in [-0.2, 0) is 24.6 Å². The number of aliphatic hydroxyl groups is 1. The average Bonchev–Trinajstić information content (AvgIpc) is 2.91. The van der Waals surface area contributed by atoms with Gasteiger partial charge in [-0.3, -0.25) is 19.2 Å². The van der Waals surface area contributed by atoms with Crippen molar-refractivity contribution in [3.8, 4) is 5.75 Å². The van der Waals surface area contributed by atoms with Gasteiger partial charge in [-0.1, -0.05) is 49.7 Å². The topological polar surface area (TPSA) is 110 Å². The number of ketones is 3. The first-order chi connectivity index (χ1) is 19.0. The van der Waals surface area contributed by atoms with Crippen LogP contribution >= 0.6 is 11.6 Å². The molecule has 0 saturated heterocycles. The van der Waals surface area contributed by atoms with Crippen LogP contribution in [0.2, 0.25) is 5.02 Å². The Morgan fingerprint density at radius 2 is 1.61 bits per heavy atom. The predicted octanol–water partition coefficient (Wildman–Crippen LogP) is 5.41. The van der Waals surface area contributed by atoms with Gasteiger partial charge in [0, 0.05) is 29.2 Å². The Labute approximate surface area is 242 Å². The second-order valence-corrected chi connectivity index (χ2v) is 11.2. The Kier molecular flexibility index (Phi) is 11.7. The van der Waals surface area contributed by atoms with E-state index in [1.165, 1.54) is 45.2 Å². The molecule has 0 unspecified atom stereocenters. The van der Waals surface area contributed by atoms with Gasteiger partial charge < -0.3 is 15.2 Å². The number of Topliss-reactive ketones (excluding diaryl/α,β-unsaturated/α-hetero) is 3. The first-order valence-corrected chi connectivity index (χ1v) is 13.4. The van der Waals surface area contributed by atoms with Crippen molar-refractivity contribution in [2.75, 3.05) is 13.7 Å². The van der Waals surface area contributed by atoms with E-state index in [9.17, 15) is 37.5 Å². The number of aliphatic hydroxyl groups excluding tert-OH is 1. The van der Waals surface area contributed by atoms with E-state index in [-0.39, 0.29) is 17.8 Å². The van der Waals surface area contributed by atoms with Crippen molar-refractivity contribution in [2.45, 2.75) is 58.2 Å². The number of benzene rings is 2. The van der Waals surface area contributed by atoms with E-state index in [1.54, 1.807) is 38.1 Å². The van der Waals surface area contributed by atoms with Crippen molar-refractivity contribution < 1.29 is 42.2 Å². The van der Waals surface area contributed by atoms with E-state index < -0.39 is 65.9 Å². The van der Waals surface area contributed by atoms with E-state index in [0.717, 1.165) is 0 Å². The number of carbonyl (C=O) groups is 4. The number of amides is 1. The molecular weight excluding hydrogens is 563 g/mol. The standard InChI is InChI=1S/C30H35ClF3NO6/c1-17(2)23(27(39)30(32,33)34)15-24(37)26(18-9-11-22(41-5)12-10-18)35-28(40)19(16-36)13-25(38)29(3,4)20-7-6-8-21(31)14-20/h6-12,14,17,19,23,26,36H,13,15-16H2,1-5H3,(H,35,40)/t19-,23-,26-/m0/s1. The monoisotopic (exact) mass is 597 g/mol. The zero-order chi connectivity index (χ0) is 31.1. The number of hydrogen-bond acceptors (Lipinski definition) is 6. The lowest BCUT2D eigenvalue weighted by Crippen LogP contribution is -2.43. The maximum Gasteiger partial charge on any atom is 0.450 e. The summed E-state index contributed by atoms with van der Waals surface area (Å²) in [5.74, 6) is -7.37. The van der Waals surface area contributed by atoms with Gasteiger partial charge in [0.2, 0.25) is 11.7 Å². The summed E-state index contributed by atoms with van der Waals surface area (Å²) in [5.41, 5.74) is -0.229. The first-order valence-electron chi connectivity index (χ1n) is 13.0. The Hall–Kier alpha value is -3.24.